The number of para-hydroxylation sites is 1. The lowest BCUT2D eigenvalue weighted by molar-refractivity contribution is 0.0991. The van der Waals surface area contributed by atoms with Crippen molar-refractivity contribution in [3.8, 4) is 5.69 Å². The first-order valence-corrected chi connectivity index (χ1v) is 9.03. The highest BCUT2D eigenvalue weighted by Gasteiger charge is 2.17. The molecule has 0 spiro atoms. The number of aromatic nitrogens is 3. The summed E-state index contributed by atoms with van der Waals surface area (Å²) in [5, 5.41) is 5.55. The molecule has 0 saturated carbocycles. The maximum atomic E-state index is 12.9. The first-order chi connectivity index (χ1) is 13.0. The largest absolute Gasteiger partial charge is 0.294 e. The van der Waals surface area contributed by atoms with Crippen LogP contribution in [0.25, 0.3) is 16.6 Å². The molecule has 0 saturated heterocycles. The van der Waals surface area contributed by atoms with Crippen LogP contribution >= 0.6 is 0 Å². The third-order valence-electron chi connectivity index (χ3n) is 4.90. The Balaban J connectivity index is 1.64. The molecule has 27 heavy (non-hydrogen) atoms. The Labute approximate surface area is 158 Å². The molecule has 2 heterocycles. The summed E-state index contributed by atoms with van der Waals surface area (Å²) in [7, 11) is 0. The lowest BCUT2D eigenvalue weighted by Crippen LogP contribution is -2.08. The van der Waals surface area contributed by atoms with E-state index in [1.165, 1.54) is 5.56 Å². The van der Waals surface area contributed by atoms with Crippen molar-refractivity contribution in [2.24, 2.45) is 0 Å². The van der Waals surface area contributed by atoms with E-state index in [1.54, 1.807) is 6.20 Å². The SMILES string of the molecule is Cc1ccc(C)c(-n2ncc(C(=O)Cc3ccc4ccccc4n3)c2C)c1. The van der Waals surface area contributed by atoms with E-state index in [1.807, 2.05) is 48.0 Å². The molecule has 4 aromatic rings. The molecule has 4 heteroatoms. The topological polar surface area (TPSA) is 47.8 Å². The summed E-state index contributed by atoms with van der Waals surface area (Å²) in [6.45, 7) is 6.05. The Kier molecular flexibility index (Phi) is 4.32. The number of pyridine rings is 1. The van der Waals surface area contributed by atoms with Crippen molar-refractivity contribution in [3.63, 3.8) is 0 Å². The van der Waals surface area contributed by atoms with Crippen molar-refractivity contribution in [2.75, 3.05) is 0 Å². The maximum absolute atomic E-state index is 12.9. The molecule has 0 bridgehead atoms. The van der Waals surface area contributed by atoms with Crippen LogP contribution in [0, 0.1) is 20.8 Å². The van der Waals surface area contributed by atoms with Gasteiger partial charge in [0.15, 0.2) is 5.78 Å². The number of aryl methyl sites for hydroxylation is 2. The number of carbonyl (C=O) groups is 1. The van der Waals surface area contributed by atoms with E-state index in [4.69, 9.17) is 0 Å². The van der Waals surface area contributed by atoms with Gasteiger partial charge >= 0.3 is 0 Å². The fourth-order valence-electron chi connectivity index (χ4n) is 3.34. The van der Waals surface area contributed by atoms with Crippen molar-refractivity contribution >= 4 is 16.7 Å². The Bertz CT molecular complexity index is 1160. The third-order valence-corrected chi connectivity index (χ3v) is 4.90. The first kappa shape index (κ1) is 17.2. The molecule has 0 fully saturated rings. The summed E-state index contributed by atoms with van der Waals surface area (Å²) < 4.78 is 1.85. The smallest absolute Gasteiger partial charge is 0.172 e. The second kappa shape index (κ2) is 6.80. The van der Waals surface area contributed by atoms with Crippen LogP contribution < -0.4 is 0 Å². The van der Waals surface area contributed by atoms with E-state index in [0.717, 1.165) is 33.5 Å². The van der Waals surface area contributed by atoms with Gasteiger partial charge < -0.3 is 0 Å². The monoisotopic (exact) mass is 355 g/mol. The number of nitrogens with zero attached hydrogens (tertiary/aromatic N) is 3. The molecule has 0 aliphatic carbocycles. The van der Waals surface area contributed by atoms with Crippen molar-refractivity contribution in [2.45, 2.75) is 27.2 Å². The molecule has 4 nitrogen and oxygen atoms in total. The van der Waals surface area contributed by atoms with Crippen LogP contribution in [0.3, 0.4) is 0 Å². The van der Waals surface area contributed by atoms with Gasteiger partial charge in [-0.25, -0.2) is 4.68 Å². The summed E-state index contributed by atoms with van der Waals surface area (Å²) in [5.74, 6) is 0.0341. The zero-order valence-corrected chi connectivity index (χ0v) is 15.7. The highest BCUT2D eigenvalue weighted by molar-refractivity contribution is 5.98. The molecular weight excluding hydrogens is 334 g/mol. The molecule has 0 unspecified atom stereocenters. The zero-order valence-electron chi connectivity index (χ0n) is 15.7. The molecule has 4 rings (SSSR count). The number of fused-ring (bicyclic) bond motifs is 1. The number of benzene rings is 2. The van der Waals surface area contributed by atoms with E-state index >= 15 is 0 Å². The molecule has 2 aromatic heterocycles. The zero-order chi connectivity index (χ0) is 19.0. The minimum absolute atomic E-state index is 0.0341. The van der Waals surface area contributed by atoms with Gasteiger partial charge in [0.2, 0.25) is 0 Å². The van der Waals surface area contributed by atoms with Crippen LogP contribution in [-0.2, 0) is 6.42 Å². The number of ketones is 1. The molecule has 0 N–H and O–H groups in total. The number of hydrogen-bond donors (Lipinski definition) is 0. The van der Waals surface area contributed by atoms with Gasteiger partial charge in [-0.05, 0) is 50.1 Å². The number of carbonyl (C=O) groups excluding carboxylic acids is 1. The minimum Gasteiger partial charge on any atom is -0.294 e. The maximum Gasteiger partial charge on any atom is 0.172 e. The standard InChI is InChI=1S/C23H21N3O/c1-15-8-9-16(2)22(12-15)26-17(3)20(14-24-26)23(27)13-19-11-10-18-6-4-5-7-21(18)25-19/h4-12,14H,13H2,1-3H3. The summed E-state index contributed by atoms with van der Waals surface area (Å²) >= 11 is 0. The van der Waals surface area contributed by atoms with Gasteiger partial charge in [0.05, 0.1) is 35.1 Å². The van der Waals surface area contributed by atoms with Crippen LogP contribution in [0.4, 0.5) is 0 Å². The van der Waals surface area contributed by atoms with Crippen LogP contribution in [0.2, 0.25) is 0 Å². The van der Waals surface area contributed by atoms with Crippen LogP contribution in [0.15, 0.2) is 60.8 Å². The molecule has 2 aromatic carbocycles. The van der Waals surface area contributed by atoms with Gasteiger partial charge in [0.1, 0.15) is 0 Å². The highest BCUT2D eigenvalue weighted by atomic mass is 16.1. The number of Topliss-reactive ketones (excluding diaryl/α,β-unsaturated/α-hetero) is 1. The van der Waals surface area contributed by atoms with Gasteiger partial charge in [-0.15, -0.1) is 0 Å². The molecule has 0 aliphatic rings. The van der Waals surface area contributed by atoms with Crippen molar-refractivity contribution in [1.29, 1.82) is 0 Å². The molecule has 0 amide bonds. The van der Waals surface area contributed by atoms with Gasteiger partial charge in [-0.1, -0.05) is 36.4 Å². The van der Waals surface area contributed by atoms with Gasteiger partial charge in [0.25, 0.3) is 0 Å². The van der Waals surface area contributed by atoms with Crippen molar-refractivity contribution in [3.05, 3.63) is 88.9 Å². The van der Waals surface area contributed by atoms with Crippen LogP contribution in [0.5, 0.6) is 0 Å². The second-order valence-electron chi connectivity index (χ2n) is 6.94. The summed E-state index contributed by atoms with van der Waals surface area (Å²) in [6, 6.07) is 18.1. The predicted molar refractivity (Wildman–Crippen MR) is 108 cm³/mol. The number of hydrogen-bond acceptors (Lipinski definition) is 3. The van der Waals surface area contributed by atoms with E-state index in [2.05, 4.69) is 42.1 Å². The van der Waals surface area contributed by atoms with Crippen LogP contribution in [-0.4, -0.2) is 20.5 Å². The molecule has 134 valence electrons. The summed E-state index contributed by atoms with van der Waals surface area (Å²) in [6.07, 6.45) is 1.94. The molecule has 0 radical (unpaired) electrons. The summed E-state index contributed by atoms with van der Waals surface area (Å²) in [4.78, 5) is 17.5. The fraction of sp³-hybridized carbons (Fsp3) is 0.174. The third kappa shape index (κ3) is 3.26. The van der Waals surface area contributed by atoms with Crippen molar-refractivity contribution in [1.82, 2.24) is 14.8 Å². The number of rotatable bonds is 4. The first-order valence-electron chi connectivity index (χ1n) is 9.03. The lowest BCUT2D eigenvalue weighted by Gasteiger charge is -2.10. The molecule has 0 aliphatic heterocycles. The quantitative estimate of drug-likeness (QED) is 0.495. The second-order valence-corrected chi connectivity index (χ2v) is 6.94. The average molecular weight is 355 g/mol. The van der Waals surface area contributed by atoms with E-state index in [9.17, 15) is 4.79 Å². The molecular formula is C23H21N3O. The normalized spacial score (nSPS) is 11.1. The lowest BCUT2D eigenvalue weighted by atomic mass is 10.1. The fourth-order valence-corrected chi connectivity index (χ4v) is 3.34. The Morgan fingerprint density at radius 1 is 1.00 bits per heavy atom. The van der Waals surface area contributed by atoms with E-state index in [-0.39, 0.29) is 12.2 Å². The highest BCUT2D eigenvalue weighted by Crippen LogP contribution is 2.20. The van der Waals surface area contributed by atoms with Gasteiger partial charge in [-0.3, -0.25) is 9.78 Å². The predicted octanol–water partition coefficient (Wildman–Crippen LogP) is 4.77. The Morgan fingerprint density at radius 3 is 2.67 bits per heavy atom. The van der Waals surface area contributed by atoms with E-state index in [0.29, 0.717) is 5.56 Å². The van der Waals surface area contributed by atoms with E-state index < -0.39 is 0 Å². The van der Waals surface area contributed by atoms with Gasteiger partial charge in [-0.2, -0.15) is 5.10 Å². The molecule has 0 atom stereocenters. The summed E-state index contributed by atoms with van der Waals surface area (Å²) in [5.41, 5.74) is 6.49. The van der Waals surface area contributed by atoms with Gasteiger partial charge in [0, 0.05) is 11.1 Å². The Hall–Kier alpha value is -3.27. The Morgan fingerprint density at radius 2 is 1.81 bits per heavy atom. The van der Waals surface area contributed by atoms with Crippen molar-refractivity contribution < 1.29 is 4.79 Å². The minimum atomic E-state index is 0.0341. The average Bonchev–Trinajstić information content (AvgIpc) is 3.05. The van der Waals surface area contributed by atoms with Crippen LogP contribution in [0.1, 0.15) is 32.9 Å².